The van der Waals surface area contributed by atoms with Gasteiger partial charge >= 0.3 is 6.03 Å². The fraction of sp³-hybridized carbons (Fsp3) is 0.527. The molecule has 0 spiro atoms. The quantitative estimate of drug-likeness (QED) is 0.0359. The van der Waals surface area contributed by atoms with Gasteiger partial charge in [-0.25, -0.2) is 4.79 Å². The SMILES string of the molecule is O=C(CCCCC1SCC2NC(=O)NC21)NCCCOCCOCCOCCCNC(=O)CN1CCN2CCNC(=O)c3cccc(c3O)C(=O)NCCN(CCNC(=O)c3cccc(c3O)C1=O)CCN1CCNC(=O)c3cccc(c3O)C(=O)NCCN(CCNC(=O)c3cccc(c3O)C(=O)NCC1)CC2. The number of benzene rings is 4. The van der Waals surface area contributed by atoms with Crippen LogP contribution in [0.5, 0.6) is 23.0 Å². The van der Waals surface area contributed by atoms with E-state index < -0.39 is 82.7 Å². The maximum absolute atomic E-state index is 15.0. The second-order valence-electron chi connectivity index (χ2n) is 26.8. The van der Waals surface area contributed by atoms with E-state index in [1.165, 1.54) is 77.7 Å². The smallest absolute Gasteiger partial charge is 0.315 e. The Balaban J connectivity index is 0.885. The highest BCUT2D eigenvalue weighted by atomic mass is 32.2. The Labute approximate surface area is 636 Å². The number of para-hydroxylation sites is 4. The second-order valence-corrected chi connectivity index (χ2v) is 28.1. The Hall–Kier alpha value is -9.88. The van der Waals surface area contributed by atoms with Gasteiger partial charge in [-0.1, -0.05) is 30.7 Å². The molecule has 0 saturated carbocycles. The summed E-state index contributed by atoms with van der Waals surface area (Å²) in [5, 5.41) is 78.1. The zero-order valence-corrected chi connectivity index (χ0v) is 62.1. The van der Waals surface area contributed by atoms with Crippen LogP contribution in [0.1, 0.15) is 121 Å². The molecule has 4 aromatic rings. The van der Waals surface area contributed by atoms with E-state index in [0.29, 0.717) is 50.9 Å². The van der Waals surface area contributed by atoms with Crippen molar-refractivity contribution in [3.05, 3.63) is 117 Å². The first-order valence-electron chi connectivity index (χ1n) is 37.2. The van der Waals surface area contributed by atoms with Crippen molar-refractivity contribution in [3.8, 4) is 23.0 Å². The van der Waals surface area contributed by atoms with Gasteiger partial charge < -0.3 is 98.0 Å². The van der Waals surface area contributed by atoms with Crippen LogP contribution in [0.3, 0.4) is 0 Å². The molecule has 0 radical (unpaired) electrons. The number of carbonyl (C=O) groups excluding carboxylic acids is 11. The number of nitrogens with one attached hydrogen (secondary N) is 11. The molecule has 6 aliphatic rings. The van der Waals surface area contributed by atoms with Crippen LogP contribution in [0.25, 0.3) is 0 Å². The molecular weight excluding hydrogens is 1430 g/mol. The lowest BCUT2D eigenvalue weighted by Crippen LogP contribution is -2.48. The van der Waals surface area contributed by atoms with Gasteiger partial charge in [0.25, 0.3) is 47.3 Å². The lowest BCUT2D eigenvalue weighted by molar-refractivity contribution is -0.122. The molecule has 15 N–H and O–H groups in total. The van der Waals surface area contributed by atoms with Gasteiger partial charge in [0.15, 0.2) is 0 Å². The molecule has 5 atom stereocenters. The number of aromatic hydroxyl groups is 4. The molecule has 10 rings (SSSR count). The predicted molar refractivity (Wildman–Crippen MR) is 402 cm³/mol. The zero-order chi connectivity index (χ0) is 77.4. The number of thioether (sulfide) groups is 1. The normalized spacial score (nSPS) is 22.0. The van der Waals surface area contributed by atoms with Crippen molar-refractivity contribution in [2.24, 2.45) is 0 Å². The standard InChI is InChI=1S/C74H102N16O18S/c91-59(18-2-1-17-58-61-57(48-109-58)84-74(105)85-61)75-19-7-41-106-43-45-108-46-44-107-42-8-20-76-60(92)47-90-40-39-89-34-27-83-71(102)54-14-5-13-53(64(54)95)68(99)79-23-30-87(31-26-82-72(103)55-15-6-16-56(65(55)96)73(90)104)36-35-86-28-21-77-66(97)49-9-3-11-51(62(49)93)69(100)80-24-32-88(37-38-89)33-25-81-70(101)52-12-4-10-50(63(52)94)67(98)78-22-29-86/h3-6,9-16,57-58,61,93-96H,1-2,7-8,17-48H2,(H,75,91)(H,76,92)(H,77,97)(H,78,98)(H,79,99)(H,80,100)(H,81,101)(H,82,103)(H,83,102)(H2,84,85,105). The summed E-state index contributed by atoms with van der Waals surface area (Å²) >= 11 is 1.86. The minimum Gasteiger partial charge on any atom is -0.506 e. The van der Waals surface area contributed by atoms with E-state index in [1.807, 2.05) is 31.4 Å². The number of hydrogen-bond acceptors (Lipinski definition) is 23. The highest BCUT2D eigenvalue weighted by Crippen LogP contribution is 2.34. The largest absolute Gasteiger partial charge is 0.506 e. The first kappa shape index (κ1) is 83.2. The van der Waals surface area contributed by atoms with Crippen molar-refractivity contribution in [1.82, 2.24) is 83.0 Å². The number of ether oxygens (including phenoxy) is 3. The summed E-state index contributed by atoms with van der Waals surface area (Å²) in [6.45, 7) is 3.07. The lowest BCUT2D eigenvalue weighted by atomic mass is 10.0. The van der Waals surface area contributed by atoms with Crippen LogP contribution < -0.4 is 58.5 Å². The number of phenols is 4. The van der Waals surface area contributed by atoms with Gasteiger partial charge in [0.1, 0.15) is 23.0 Å². The second kappa shape index (κ2) is 43.3. The van der Waals surface area contributed by atoms with E-state index in [2.05, 4.69) is 58.5 Å². The average molecular weight is 1540 g/mol. The maximum Gasteiger partial charge on any atom is 0.315 e. The molecule has 6 heterocycles. The molecule has 34 nitrogen and oxygen atoms in total. The number of phenolic OH excluding ortho intramolecular Hbond substituents is 4. The summed E-state index contributed by atoms with van der Waals surface area (Å²) in [5.74, 6) is -7.69. The molecule has 5 unspecified atom stereocenters. The van der Waals surface area contributed by atoms with Crippen LogP contribution >= 0.6 is 11.8 Å². The van der Waals surface area contributed by atoms with E-state index >= 15 is 0 Å². The Morgan fingerprint density at radius 2 is 0.716 bits per heavy atom. The Bertz CT molecular complexity index is 3730. The highest BCUT2D eigenvalue weighted by molar-refractivity contribution is 8.00. The predicted octanol–water partition coefficient (Wildman–Crippen LogP) is -0.803. The van der Waals surface area contributed by atoms with Crippen LogP contribution in [0, 0.1) is 0 Å². The topological polar surface area (TPSA) is 445 Å². The molecular formula is C74H102N16O18S. The van der Waals surface area contributed by atoms with Gasteiger partial charge in [-0.05, 0) is 74.2 Å². The van der Waals surface area contributed by atoms with E-state index in [0.717, 1.165) is 25.0 Å². The molecule has 12 amide bonds. The number of rotatable bonds is 21. The van der Waals surface area contributed by atoms with E-state index in [9.17, 15) is 73.2 Å². The molecule has 592 valence electrons. The van der Waals surface area contributed by atoms with Gasteiger partial charge in [-0.3, -0.25) is 67.5 Å². The number of amides is 12. The van der Waals surface area contributed by atoms with Crippen LogP contribution in [-0.2, 0) is 23.8 Å². The molecule has 109 heavy (non-hydrogen) atoms. The van der Waals surface area contributed by atoms with Gasteiger partial charge in [0, 0.05) is 175 Å². The summed E-state index contributed by atoms with van der Waals surface area (Å²) in [6, 6.07) is 17.0. The molecule has 4 aromatic carbocycles. The Morgan fingerprint density at radius 1 is 0.394 bits per heavy atom. The number of carbonyl (C=O) groups is 11. The zero-order valence-electron chi connectivity index (χ0n) is 61.3. The molecule has 2 fully saturated rings. The maximum atomic E-state index is 15.0. The monoisotopic (exact) mass is 1530 g/mol. The summed E-state index contributed by atoms with van der Waals surface area (Å²) in [4.78, 5) is 159. The van der Waals surface area contributed by atoms with Crippen LogP contribution in [-0.4, -0.2) is 323 Å². The van der Waals surface area contributed by atoms with Crippen molar-refractivity contribution in [3.63, 3.8) is 0 Å². The van der Waals surface area contributed by atoms with E-state index in [4.69, 9.17) is 14.2 Å². The van der Waals surface area contributed by atoms with Gasteiger partial charge in [0.2, 0.25) is 11.8 Å². The van der Waals surface area contributed by atoms with Crippen molar-refractivity contribution in [1.29, 1.82) is 0 Å². The first-order chi connectivity index (χ1) is 52.8. The number of nitrogens with zero attached hydrogens (tertiary/aromatic N) is 5. The fourth-order valence-corrected chi connectivity index (χ4v) is 14.7. The fourth-order valence-electron chi connectivity index (χ4n) is 13.1. The van der Waals surface area contributed by atoms with E-state index in [-0.39, 0.29) is 226 Å². The number of urea groups is 1. The number of unbranched alkanes of at least 4 members (excludes halogenated alkanes) is 1. The molecule has 6 aliphatic heterocycles. The number of fused-ring (bicyclic) bond motifs is 17. The number of hydrogen-bond donors (Lipinski definition) is 15. The summed E-state index contributed by atoms with van der Waals surface area (Å²) in [7, 11) is 0. The summed E-state index contributed by atoms with van der Waals surface area (Å²) < 4.78 is 17.1. The van der Waals surface area contributed by atoms with Gasteiger partial charge in [0.05, 0.1) is 89.6 Å². The minimum absolute atomic E-state index is 0.00122. The van der Waals surface area contributed by atoms with E-state index in [1.54, 1.807) is 0 Å². The molecule has 35 heteroatoms. The van der Waals surface area contributed by atoms with Crippen molar-refractivity contribution in [2.45, 2.75) is 55.9 Å². The van der Waals surface area contributed by atoms with Crippen LogP contribution in [0.4, 0.5) is 4.79 Å². The van der Waals surface area contributed by atoms with Gasteiger partial charge in [-0.15, -0.1) is 0 Å². The molecule has 0 aromatic heterocycles. The van der Waals surface area contributed by atoms with Crippen LogP contribution in [0.2, 0.25) is 0 Å². The highest BCUT2D eigenvalue weighted by Gasteiger charge is 2.42. The molecule has 12 bridgehead atoms. The molecule has 2 saturated heterocycles. The van der Waals surface area contributed by atoms with Gasteiger partial charge in [-0.2, -0.15) is 11.8 Å². The third kappa shape index (κ3) is 25.3. The third-order valence-corrected chi connectivity index (χ3v) is 20.8. The van der Waals surface area contributed by atoms with Crippen molar-refractivity contribution >= 4 is 76.9 Å². The first-order valence-corrected chi connectivity index (χ1v) is 38.3. The Kier molecular flexibility index (Phi) is 33.1. The van der Waals surface area contributed by atoms with Crippen LogP contribution in [0.15, 0.2) is 72.8 Å². The van der Waals surface area contributed by atoms with Crippen molar-refractivity contribution < 1.29 is 87.4 Å². The summed E-state index contributed by atoms with van der Waals surface area (Å²) in [6.07, 6.45) is 4.12. The summed E-state index contributed by atoms with van der Waals surface area (Å²) in [5.41, 5.74) is -1.60. The Morgan fingerprint density at radius 3 is 1.09 bits per heavy atom. The third-order valence-electron chi connectivity index (χ3n) is 19.3. The molecule has 0 aliphatic carbocycles. The average Bonchev–Trinajstić information content (AvgIpc) is 1.46. The van der Waals surface area contributed by atoms with Crippen molar-refractivity contribution in [2.75, 3.05) is 196 Å². The lowest BCUT2D eigenvalue weighted by Gasteiger charge is -2.30. The minimum atomic E-state index is -0.800.